The van der Waals surface area contributed by atoms with Crippen LogP contribution >= 0.6 is 0 Å². The van der Waals surface area contributed by atoms with Crippen molar-refractivity contribution in [2.75, 3.05) is 43.0 Å². The van der Waals surface area contributed by atoms with Crippen LogP contribution in [0.5, 0.6) is 5.75 Å². The Labute approximate surface area is 208 Å². The zero-order valence-corrected chi connectivity index (χ0v) is 21.2. The second kappa shape index (κ2) is 11.2. The van der Waals surface area contributed by atoms with Gasteiger partial charge in [-0.3, -0.25) is 0 Å². The maximum atomic E-state index is 13.1. The van der Waals surface area contributed by atoms with Gasteiger partial charge in [-0.05, 0) is 51.8 Å². The number of aromatic nitrogens is 2. The van der Waals surface area contributed by atoms with Gasteiger partial charge in [0, 0.05) is 43.9 Å². The molecule has 0 bridgehead atoms. The van der Waals surface area contributed by atoms with Gasteiger partial charge in [0.2, 0.25) is 0 Å². The van der Waals surface area contributed by atoms with E-state index in [-0.39, 0.29) is 6.03 Å². The summed E-state index contributed by atoms with van der Waals surface area (Å²) < 4.78 is 5.66. The van der Waals surface area contributed by atoms with Crippen LogP contribution in [0.4, 0.5) is 16.3 Å². The molecule has 1 fully saturated rings. The molecule has 0 aliphatic carbocycles. The molecule has 1 aliphatic rings. The highest BCUT2D eigenvalue weighted by molar-refractivity contribution is 5.91. The van der Waals surface area contributed by atoms with E-state index in [0.717, 1.165) is 48.8 Å². The van der Waals surface area contributed by atoms with Crippen molar-refractivity contribution in [1.82, 2.24) is 14.9 Å². The van der Waals surface area contributed by atoms with Crippen molar-refractivity contribution in [2.24, 2.45) is 0 Å². The molecular formula is C28H35N5O2. The van der Waals surface area contributed by atoms with E-state index in [4.69, 9.17) is 9.72 Å². The van der Waals surface area contributed by atoms with Gasteiger partial charge >= 0.3 is 6.03 Å². The summed E-state index contributed by atoms with van der Waals surface area (Å²) in [5.41, 5.74) is 5.36. The first kappa shape index (κ1) is 24.5. The Morgan fingerprint density at radius 1 is 0.971 bits per heavy atom. The monoisotopic (exact) mass is 473 g/mol. The van der Waals surface area contributed by atoms with Crippen LogP contribution in [0.25, 0.3) is 0 Å². The Morgan fingerprint density at radius 2 is 1.74 bits per heavy atom. The van der Waals surface area contributed by atoms with Crippen LogP contribution in [0, 0.1) is 20.8 Å². The molecule has 0 unspecified atom stereocenters. The molecule has 0 atom stereocenters. The summed E-state index contributed by atoms with van der Waals surface area (Å²) in [5.74, 6) is 2.45. The predicted molar refractivity (Wildman–Crippen MR) is 141 cm³/mol. The molecule has 1 aliphatic heterocycles. The number of anilines is 2. The molecule has 7 nitrogen and oxygen atoms in total. The molecule has 7 heteroatoms. The number of aryl methyl sites for hydroxylation is 3. The summed E-state index contributed by atoms with van der Waals surface area (Å²) in [7, 11) is 0. The lowest BCUT2D eigenvalue weighted by atomic mass is 10.0. The third kappa shape index (κ3) is 6.10. The second-order valence-corrected chi connectivity index (χ2v) is 9.01. The first-order valence-electron chi connectivity index (χ1n) is 12.4. The van der Waals surface area contributed by atoms with Gasteiger partial charge < -0.3 is 19.9 Å². The molecule has 2 amide bonds. The molecule has 2 aromatic carbocycles. The number of ether oxygens (including phenoxy) is 1. The molecule has 2 heterocycles. The molecule has 4 rings (SSSR count). The second-order valence-electron chi connectivity index (χ2n) is 9.01. The average molecular weight is 474 g/mol. The molecule has 0 spiro atoms. The fourth-order valence-electron chi connectivity index (χ4n) is 4.47. The minimum absolute atomic E-state index is 0.103. The van der Waals surface area contributed by atoms with Crippen LogP contribution in [0.2, 0.25) is 0 Å². The van der Waals surface area contributed by atoms with Crippen molar-refractivity contribution in [2.45, 2.75) is 40.5 Å². The van der Waals surface area contributed by atoms with Crippen molar-refractivity contribution in [3.63, 3.8) is 0 Å². The van der Waals surface area contributed by atoms with Gasteiger partial charge in [-0.2, -0.15) is 0 Å². The molecule has 3 aromatic rings. The molecule has 35 heavy (non-hydrogen) atoms. The lowest BCUT2D eigenvalue weighted by molar-refractivity contribution is 0.215. The molecule has 1 N–H and O–H groups in total. The SMILES string of the molecule is CCOc1ccccc1NC(=O)N1CCCN(c2nc(C)nc(C)c2Cc2ccc(C)cc2)CC1. The quantitative estimate of drug-likeness (QED) is 0.537. The highest BCUT2D eigenvalue weighted by atomic mass is 16.5. The minimum Gasteiger partial charge on any atom is -0.492 e. The molecule has 0 saturated carbocycles. The molecule has 1 saturated heterocycles. The van der Waals surface area contributed by atoms with E-state index in [1.165, 1.54) is 11.1 Å². The number of nitrogens with one attached hydrogen (secondary N) is 1. The van der Waals surface area contributed by atoms with E-state index in [0.29, 0.717) is 31.1 Å². The largest absolute Gasteiger partial charge is 0.492 e. The van der Waals surface area contributed by atoms with Crippen molar-refractivity contribution >= 4 is 17.5 Å². The van der Waals surface area contributed by atoms with Gasteiger partial charge in [-0.25, -0.2) is 14.8 Å². The smallest absolute Gasteiger partial charge is 0.322 e. The number of benzene rings is 2. The summed E-state index contributed by atoms with van der Waals surface area (Å²) in [6, 6.07) is 16.1. The molecule has 1 aromatic heterocycles. The van der Waals surface area contributed by atoms with Gasteiger partial charge in [-0.15, -0.1) is 0 Å². The number of hydrogen-bond donors (Lipinski definition) is 1. The van der Waals surface area contributed by atoms with Crippen LogP contribution in [0.15, 0.2) is 48.5 Å². The highest BCUT2D eigenvalue weighted by Crippen LogP contribution is 2.27. The normalized spacial score (nSPS) is 13.9. The van der Waals surface area contributed by atoms with Gasteiger partial charge in [0.25, 0.3) is 0 Å². The fourth-order valence-corrected chi connectivity index (χ4v) is 4.47. The number of nitrogens with zero attached hydrogens (tertiary/aromatic N) is 4. The third-order valence-electron chi connectivity index (χ3n) is 6.32. The minimum atomic E-state index is -0.103. The van der Waals surface area contributed by atoms with Crippen LogP contribution in [-0.2, 0) is 6.42 Å². The highest BCUT2D eigenvalue weighted by Gasteiger charge is 2.23. The van der Waals surface area contributed by atoms with Crippen molar-refractivity contribution < 1.29 is 9.53 Å². The predicted octanol–water partition coefficient (Wildman–Crippen LogP) is 5.14. The molecule has 0 radical (unpaired) electrons. The van der Waals surface area contributed by atoms with Gasteiger partial charge in [0.1, 0.15) is 17.4 Å². The van der Waals surface area contributed by atoms with E-state index in [1.807, 2.05) is 43.0 Å². The zero-order chi connectivity index (χ0) is 24.8. The van der Waals surface area contributed by atoms with Crippen molar-refractivity contribution in [3.05, 3.63) is 76.7 Å². The number of carbonyl (C=O) groups is 1. The summed E-state index contributed by atoms with van der Waals surface area (Å²) in [4.78, 5) is 26.8. The Balaban J connectivity index is 1.49. The summed E-state index contributed by atoms with van der Waals surface area (Å²) >= 11 is 0. The van der Waals surface area contributed by atoms with Crippen molar-refractivity contribution in [1.29, 1.82) is 0 Å². The van der Waals surface area contributed by atoms with Crippen LogP contribution < -0.4 is 15.0 Å². The number of amides is 2. The number of rotatable bonds is 6. The fraction of sp³-hybridized carbons (Fsp3) is 0.393. The third-order valence-corrected chi connectivity index (χ3v) is 6.32. The van der Waals surface area contributed by atoms with Gasteiger partial charge in [0.15, 0.2) is 0 Å². The molecular weight excluding hydrogens is 438 g/mol. The van der Waals surface area contributed by atoms with Gasteiger partial charge in [-0.1, -0.05) is 42.0 Å². The summed E-state index contributed by atoms with van der Waals surface area (Å²) in [6.45, 7) is 11.5. The topological polar surface area (TPSA) is 70.6 Å². The first-order chi connectivity index (χ1) is 16.9. The van der Waals surface area contributed by atoms with E-state index in [1.54, 1.807) is 0 Å². The lowest BCUT2D eigenvalue weighted by Crippen LogP contribution is -2.38. The Morgan fingerprint density at radius 3 is 2.51 bits per heavy atom. The molecule has 184 valence electrons. The van der Waals surface area contributed by atoms with E-state index in [9.17, 15) is 4.79 Å². The van der Waals surface area contributed by atoms with Crippen LogP contribution in [0.1, 0.15) is 41.6 Å². The average Bonchev–Trinajstić information content (AvgIpc) is 3.10. The summed E-state index contributed by atoms with van der Waals surface area (Å²) in [6.07, 6.45) is 1.66. The van der Waals surface area contributed by atoms with E-state index >= 15 is 0 Å². The number of carbonyl (C=O) groups excluding carboxylic acids is 1. The van der Waals surface area contributed by atoms with E-state index in [2.05, 4.69) is 53.3 Å². The maximum absolute atomic E-state index is 13.1. The number of para-hydroxylation sites is 2. The van der Waals surface area contributed by atoms with Crippen LogP contribution in [0.3, 0.4) is 0 Å². The summed E-state index contributed by atoms with van der Waals surface area (Å²) in [5, 5.41) is 3.03. The lowest BCUT2D eigenvalue weighted by Gasteiger charge is -2.26. The van der Waals surface area contributed by atoms with Gasteiger partial charge in [0.05, 0.1) is 12.3 Å². The standard InChI is InChI=1S/C28H35N5O2/c1-5-35-26-10-7-6-9-25(26)31-28(34)33-16-8-15-32(17-18-33)27-24(21(3)29-22(4)30-27)19-23-13-11-20(2)12-14-23/h6-7,9-14H,5,8,15-19H2,1-4H3,(H,31,34). The van der Waals surface area contributed by atoms with Crippen molar-refractivity contribution in [3.8, 4) is 5.75 Å². The Hall–Kier alpha value is -3.61. The Bertz CT molecular complexity index is 1160. The first-order valence-corrected chi connectivity index (χ1v) is 12.4. The number of hydrogen-bond acceptors (Lipinski definition) is 5. The Kier molecular flexibility index (Phi) is 7.85. The van der Waals surface area contributed by atoms with Crippen LogP contribution in [-0.4, -0.2) is 53.7 Å². The zero-order valence-electron chi connectivity index (χ0n) is 21.2. The maximum Gasteiger partial charge on any atom is 0.322 e. The number of urea groups is 1. The van der Waals surface area contributed by atoms with E-state index < -0.39 is 0 Å².